The van der Waals surface area contributed by atoms with Crippen molar-refractivity contribution in [3.8, 4) is 5.75 Å². The van der Waals surface area contributed by atoms with Crippen LogP contribution in [0.2, 0.25) is 5.02 Å². The number of nitrogens with one attached hydrogen (secondary N) is 1. The Balaban J connectivity index is 1.78. The summed E-state index contributed by atoms with van der Waals surface area (Å²) in [6, 6.07) is 8.96. The number of nitrogen functional groups attached to an aromatic ring is 1. The van der Waals surface area contributed by atoms with Gasteiger partial charge in [-0.25, -0.2) is 18.4 Å². The van der Waals surface area contributed by atoms with Crippen LogP contribution in [0.15, 0.2) is 53.8 Å². The van der Waals surface area contributed by atoms with E-state index in [0.717, 1.165) is 5.56 Å². The van der Waals surface area contributed by atoms with Gasteiger partial charge in [-0.2, -0.15) is 0 Å². The van der Waals surface area contributed by atoms with E-state index in [1.54, 1.807) is 25.3 Å². The second kappa shape index (κ2) is 9.20. The third-order valence-corrected chi connectivity index (χ3v) is 7.37. The van der Waals surface area contributed by atoms with Crippen LogP contribution in [-0.4, -0.2) is 35.8 Å². The molecule has 0 aliphatic carbocycles. The molecular formula is C24H24ClN5O4S. The number of anilines is 2. The van der Waals surface area contributed by atoms with Crippen LogP contribution in [0, 0.1) is 6.92 Å². The number of rotatable bonds is 7. The molecule has 0 fully saturated rings. The first-order valence-corrected chi connectivity index (χ1v) is 12.5. The predicted octanol–water partition coefficient (Wildman–Crippen LogP) is 4.60. The molecule has 0 saturated carbocycles. The molecule has 0 radical (unpaired) electrons. The second-order valence-electron chi connectivity index (χ2n) is 8.26. The lowest BCUT2D eigenvalue weighted by atomic mass is 10.0. The summed E-state index contributed by atoms with van der Waals surface area (Å²) in [6.07, 6.45) is 3.04. The van der Waals surface area contributed by atoms with Crippen molar-refractivity contribution in [3.63, 3.8) is 0 Å². The summed E-state index contributed by atoms with van der Waals surface area (Å²) < 4.78 is 35.7. The van der Waals surface area contributed by atoms with Crippen molar-refractivity contribution in [1.29, 1.82) is 0 Å². The number of aryl methyl sites for hydroxylation is 1. The van der Waals surface area contributed by atoms with Gasteiger partial charge < -0.3 is 15.0 Å². The zero-order valence-corrected chi connectivity index (χ0v) is 21.1. The Hall–Kier alpha value is -3.63. The van der Waals surface area contributed by atoms with Gasteiger partial charge in [-0.15, -0.1) is 0 Å². The van der Waals surface area contributed by atoms with E-state index >= 15 is 0 Å². The second-order valence-corrected chi connectivity index (χ2v) is 10.4. The SMILES string of the molecule is COc1ccc(C(=O)c2cn(C(C)C)c3ncnc(N)c23)cc1NS(=O)(=O)c1ccc(C)c(Cl)c1. The molecule has 35 heavy (non-hydrogen) atoms. The Kier molecular flexibility index (Phi) is 6.44. The average Bonchev–Trinajstić information content (AvgIpc) is 3.21. The molecule has 9 nitrogen and oxygen atoms in total. The molecule has 2 heterocycles. The lowest BCUT2D eigenvalue weighted by molar-refractivity contribution is 0.104. The number of ketones is 1. The summed E-state index contributed by atoms with van der Waals surface area (Å²) >= 11 is 6.12. The van der Waals surface area contributed by atoms with Crippen LogP contribution in [0.5, 0.6) is 5.75 Å². The highest BCUT2D eigenvalue weighted by molar-refractivity contribution is 7.92. The first kappa shape index (κ1) is 24.5. The van der Waals surface area contributed by atoms with Gasteiger partial charge >= 0.3 is 0 Å². The molecule has 4 rings (SSSR count). The van der Waals surface area contributed by atoms with Gasteiger partial charge in [0, 0.05) is 22.8 Å². The number of carbonyl (C=O) groups excluding carboxylic acids is 1. The van der Waals surface area contributed by atoms with E-state index in [1.807, 2.05) is 18.4 Å². The number of nitrogens with zero attached hydrogens (tertiary/aromatic N) is 3. The van der Waals surface area contributed by atoms with E-state index in [9.17, 15) is 13.2 Å². The number of sulfonamides is 1. The van der Waals surface area contributed by atoms with Gasteiger partial charge in [0.2, 0.25) is 0 Å². The third kappa shape index (κ3) is 4.54. The molecule has 11 heteroatoms. The van der Waals surface area contributed by atoms with E-state index in [4.69, 9.17) is 22.1 Å². The number of ether oxygens (including phenoxy) is 1. The quantitative estimate of drug-likeness (QED) is 0.345. The molecule has 0 atom stereocenters. The molecule has 0 saturated heterocycles. The lowest BCUT2D eigenvalue weighted by Crippen LogP contribution is -2.14. The highest BCUT2D eigenvalue weighted by Crippen LogP contribution is 2.32. The van der Waals surface area contributed by atoms with E-state index < -0.39 is 10.0 Å². The number of hydrogen-bond acceptors (Lipinski definition) is 7. The third-order valence-electron chi connectivity index (χ3n) is 5.60. The van der Waals surface area contributed by atoms with E-state index in [-0.39, 0.29) is 39.5 Å². The number of fused-ring (bicyclic) bond motifs is 1. The highest BCUT2D eigenvalue weighted by atomic mass is 35.5. The van der Waals surface area contributed by atoms with Crippen LogP contribution in [0.25, 0.3) is 11.0 Å². The minimum atomic E-state index is -4.01. The molecule has 0 amide bonds. The van der Waals surface area contributed by atoms with Crippen molar-refractivity contribution >= 4 is 49.9 Å². The standard InChI is InChI=1S/C24H24ClN5O4S/c1-13(2)30-11-17(21-23(26)27-12-28-24(21)30)22(31)15-6-8-20(34-4)19(9-15)29-35(32,33)16-7-5-14(3)18(25)10-16/h5-13,29H,1-4H3,(H2,26,27,28). The monoisotopic (exact) mass is 513 g/mol. The molecule has 2 aromatic carbocycles. The van der Waals surface area contributed by atoms with Gasteiger partial charge in [-0.05, 0) is 56.7 Å². The van der Waals surface area contributed by atoms with E-state index in [1.165, 1.54) is 37.7 Å². The Labute approximate surface area is 208 Å². The minimum Gasteiger partial charge on any atom is -0.495 e. The van der Waals surface area contributed by atoms with E-state index in [2.05, 4.69) is 14.7 Å². The van der Waals surface area contributed by atoms with Crippen molar-refractivity contribution in [1.82, 2.24) is 14.5 Å². The molecule has 182 valence electrons. The molecule has 0 aliphatic rings. The smallest absolute Gasteiger partial charge is 0.262 e. The number of nitrogens with two attached hydrogens (primary N) is 1. The molecule has 0 bridgehead atoms. The van der Waals surface area contributed by atoms with Crippen LogP contribution in [0.1, 0.15) is 41.4 Å². The number of benzene rings is 2. The average molecular weight is 514 g/mol. The fourth-order valence-corrected chi connectivity index (χ4v) is 5.04. The fourth-order valence-electron chi connectivity index (χ4n) is 3.70. The minimum absolute atomic E-state index is 0.0168. The summed E-state index contributed by atoms with van der Waals surface area (Å²) in [7, 11) is -2.60. The maximum absolute atomic E-state index is 13.6. The largest absolute Gasteiger partial charge is 0.495 e. The van der Waals surface area contributed by atoms with Gasteiger partial charge in [0.1, 0.15) is 23.5 Å². The highest BCUT2D eigenvalue weighted by Gasteiger charge is 2.23. The zero-order valence-electron chi connectivity index (χ0n) is 19.5. The van der Waals surface area contributed by atoms with E-state index in [0.29, 0.717) is 21.6 Å². The Morgan fingerprint density at radius 2 is 1.91 bits per heavy atom. The molecule has 0 spiro atoms. The van der Waals surface area contributed by atoms with Crippen LogP contribution in [0.4, 0.5) is 11.5 Å². The van der Waals surface area contributed by atoms with Gasteiger partial charge in [-0.3, -0.25) is 9.52 Å². The summed E-state index contributed by atoms with van der Waals surface area (Å²) in [4.78, 5) is 21.9. The number of aromatic nitrogens is 3. The molecule has 4 aromatic rings. The van der Waals surface area contributed by atoms with Crippen molar-refractivity contribution in [3.05, 3.63) is 70.6 Å². The number of hydrogen-bond donors (Lipinski definition) is 2. The Bertz CT molecular complexity index is 1560. The van der Waals surface area contributed by atoms with Gasteiger partial charge in [0.15, 0.2) is 5.78 Å². The van der Waals surface area contributed by atoms with Crippen LogP contribution >= 0.6 is 11.6 Å². The summed E-state index contributed by atoms with van der Waals surface area (Å²) in [5.41, 5.74) is 8.04. The first-order chi connectivity index (χ1) is 16.5. The normalized spacial score (nSPS) is 11.7. The van der Waals surface area contributed by atoms with Gasteiger partial charge in [-0.1, -0.05) is 17.7 Å². The molecule has 3 N–H and O–H groups in total. The molecule has 0 aliphatic heterocycles. The summed E-state index contributed by atoms with van der Waals surface area (Å²) in [5.74, 6) is 0.0663. The van der Waals surface area contributed by atoms with Crippen LogP contribution < -0.4 is 15.2 Å². The molecular weight excluding hydrogens is 490 g/mol. The van der Waals surface area contributed by atoms with Crippen LogP contribution in [0.3, 0.4) is 0 Å². The van der Waals surface area contributed by atoms with Gasteiger partial charge in [0.05, 0.1) is 28.6 Å². The van der Waals surface area contributed by atoms with Gasteiger partial charge in [0.25, 0.3) is 10.0 Å². The Morgan fingerprint density at radius 3 is 2.57 bits per heavy atom. The van der Waals surface area contributed by atoms with Crippen molar-refractivity contribution in [2.45, 2.75) is 31.7 Å². The first-order valence-electron chi connectivity index (χ1n) is 10.7. The maximum atomic E-state index is 13.6. The van der Waals surface area contributed by atoms with Crippen molar-refractivity contribution in [2.75, 3.05) is 17.6 Å². The number of methoxy groups -OCH3 is 1. The fraction of sp³-hybridized carbons (Fsp3) is 0.208. The zero-order chi connectivity index (χ0) is 25.5. The summed E-state index contributed by atoms with van der Waals surface area (Å²) in [5, 5.41) is 0.767. The molecule has 0 unspecified atom stereocenters. The molecule has 2 aromatic heterocycles. The maximum Gasteiger partial charge on any atom is 0.262 e. The number of halogens is 1. The number of carbonyl (C=O) groups is 1. The van der Waals surface area contributed by atoms with Crippen molar-refractivity contribution < 1.29 is 17.9 Å². The Morgan fingerprint density at radius 1 is 1.17 bits per heavy atom. The topological polar surface area (TPSA) is 129 Å². The van der Waals surface area contributed by atoms with Crippen molar-refractivity contribution in [2.24, 2.45) is 0 Å². The summed E-state index contributed by atoms with van der Waals surface area (Å²) in [6.45, 7) is 5.70. The van der Waals surface area contributed by atoms with Crippen LogP contribution in [-0.2, 0) is 10.0 Å². The lowest BCUT2D eigenvalue weighted by Gasteiger charge is -2.14. The predicted molar refractivity (Wildman–Crippen MR) is 136 cm³/mol.